The van der Waals surface area contributed by atoms with Gasteiger partial charge < -0.3 is 15.6 Å². The number of nitrogens with zero attached hydrogens (tertiary/aromatic N) is 3. The van der Waals surface area contributed by atoms with E-state index in [4.69, 9.17) is 5.73 Å². The van der Waals surface area contributed by atoms with Crippen molar-refractivity contribution >= 4 is 11.6 Å². The van der Waals surface area contributed by atoms with Gasteiger partial charge in [0.25, 0.3) is 0 Å². The van der Waals surface area contributed by atoms with Crippen LogP contribution in [0.15, 0.2) is 48.0 Å². The second-order valence-corrected chi connectivity index (χ2v) is 5.33. The van der Waals surface area contributed by atoms with Gasteiger partial charge in [-0.25, -0.2) is 4.98 Å². The average molecular weight is 285 g/mol. The highest BCUT2D eigenvalue weighted by Crippen LogP contribution is 2.18. The van der Waals surface area contributed by atoms with Crippen LogP contribution in [0.1, 0.15) is 31.7 Å². The lowest BCUT2D eigenvalue weighted by Crippen LogP contribution is -2.23. The number of aliphatic imine (C=N–C) groups is 1. The van der Waals surface area contributed by atoms with Crippen LogP contribution in [-0.2, 0) is 6.54 Å². The zero-order valence-electron chi connectivity index (χ0n) is 12.7. The van der Waals surface area contributed by atoms with Gasteiger partial charge in [-0.1, -0.05) is 26.0 Å². The number of imidazole rings is 1. The lowest BCUT2D eigenvalue weighted by Gasteiger charge is -2.10. The van der Waals surface area contributed by atoms with Gasteiger partial charge in [0.05, 0.1) is 6.33 Å². The summed E-state index contributed by atoms with van der Waals surface area (Å²) in [6.07, 6.45) is 6.47. The molecule has 112 valence electrons. The molecule has 0 radical (unpaired) electrons. The Kier molecular flexibility index (Phi) is 5.37. The Hall–Kier alpha value is -2.30. The van der Waals surface area contributed by atoms with E-state index in [0.29, 0.717) is 18.4 Å². The second kappa shape index (κ2) is 7.47. The number of benzene rings is 1. The van der Waals surface area contributed by atoms with Crippen LogP contribution in [0, 0.1) is 0 Å². The van der Waals surface area contributed by atoms with Gasteiger partial charge >= 0.3 is 0 Å². The van der Waals surface area contributed by atoms with Crippen molar-refractivity contribution in [3.05, 3.63) is 48.5 Å². The van der Waals surface area contributed by atoms with E-state index >= 15 is 0 Å². The van der Waals surface area contributed by atoms with Gasteiger partial charge in [0.2, 0.25) is 0 Å². The Bertz CT molecular complexity index is 572. The largest absolute Gasteiger partial charge is 0.370 e. The Morgan fingerprint density at radius 1 is 1.43 bits per heavy atom. The summed E-state index contributed by atoms with van der Waals surface area (Å²) >= 11 is 0. The van der Waals surface area contributed by atoms with Crippen LogP contribution in [-0.4, -0.2) is 22.1 Å². The number of nitrogens with two attached hydrogens (primary N) is 1. The molecule has 1 aromatic carbocycles. The predicted molar refractivity (Wildman–Crippen MR) is 87.5 cm³/mol. The van der Waals surface area contributed by atoms with E-state index in [0.717, 1.165) is 18.7 Å². The summed E-state index contributed by atoms with van der Waals surface area (Å²) in [5, 5.41) is 3.14. The molecule has 2 aromatic rings. The van der Waals surface area contributed by atoms with E-state index < -0.39 is 0 Å². The van der Waals surface area contributed by atoms with Crippen molar-refractivity contribution in [3.63, 3.8) is 0 Å². The normalized spacial score (nSPS) is 11.9. The summed E-state index contributed by atoms with van der Waals surface area (Å²) in [4.78, 5) is 8.35. The molecule has 2 rings (SSSR count). The summed E-state index contributed by atoms with van der Waals surface area (Å²) in [5.74, 6) is 0.960. The zero-order valence-corrected chi connectivity index (χ0v) is 12.7. The van der Waals surface area contributed by atoms with Crippen molar-refractivity contribution in [3.8, 4) is 0 Å². The minimum Gasteiger partial charge on any atom is -0.370 e. The lowest BCUT2D eigenvalue weighted by molar-refractivity contribution is 0.650. The topological polar surface area (TPSA) is 68.2 Å². The van der Waals surface area contributed by atoms with Crippen LogP contribution >= 0.6 is 0 Å². The molecule has 0 aliphatic carbocycles. The Balaban J connectivity index is 1.81. The number of guanidine groups is 1. The number of hydrogen-bond donors (Lipinski definition) is 2. The summed E-state index contributed by atoms with van der Waals surface area (Å²) in [6.45, 7) is 5.94. The first kappa shape index (κ1) is 15.1. The van der Waals surface area contributed by atoms with Crippen molar-refractivity contribution < 1.29 is 0 Å². The first-order valence-electron chi connectivity index (χ1n) is 7.28. The summed E-state index contributed by atoms with van der Waals surface area (Å²) in [7, 11) is 0. The smallest absolute Gasteiger partial charge is 0.193 e. The lowest BCUT2D eigenvalue weighted by atomic mass is 10.0. The maximum Gasteiger partial charge on any atom is 0.193 e. The summed E-state index contributed by atoms with van der Waals surface area (Å²) < 4.78 is 2.03. The molecule has 0 saturated heterocycles. The fourth-order valence-electron chi connectivity index (χ4n) is 2.03. The molecule has 0 unspecified atom stereocenters. The van der Waals surface area contributed by atoms with Crippen molar-refractivity contribution in [1.29, 1.82) is 0 Å². The fourth-order valence-corrected chi connectivity index (χ4v) is 2.03. The summed E-state index contributed by atoms with van der Waals surface area (Å²) in [5.41, 5.74) is 8.18. The van der Waals surface area contributed by atoms with E-state index in [-0.39, 0.29) is 0 Å². The number of rotatable bonds is 6. The molecule has 21 heavy (non-hydrogen) atoms. The zero-order chi connectivity index (χ0) is 15.1. The third-order valence-electron chi connectivity index (χ3n) is 3.24. The highest BCUT2D eigenvalue weighted by molar-refractivity contribution is 5.92. The number of anilines is 1. The third-order valence-corrected chi connectivity index (χ3v) is 3.24. The number of aromatic nitrogens is 2. The quantitative estimate of drug-likeness (QED) is 0.487. The predicted octanol–water partition coefficient (Wildman–Crippen LogP) is 2.82. The molecule has 1 heterocycles. The van der Waals surface area contributed by atoms with Gasteiger partial charge in [-0.2, -0.15) is 0 Å². The van der Waals surface area contributed by atoms with Gasteiger partial charge in [-0.3, -0.25) is 4.99 Å². The molecular weight excluding hydrogens is 262 g/mol. The maximum absolute atomic E-state index is 5.91. The highest BCUT2D eigenvalue weighted by atomic mass is 15.1. The first-order chi connectivity index (χ1) is 10.1. The molecule has 5 heteroatoms. The fraction of sp³-hybridized carbons (Fsp3) is 0.375. The maximum atomic E-state index is 5.91. The number of nitrogens with one attached hydrogen (secondary N) is 1. The second-order valence-electron chi connectivity index (χ2n) is 5.33. The van der Waals surface area contributed by atoms with Crippen molar-refractivity contribution in [2.24, 2.45) is 10.7 Å². The van der Waals surface area contributed by atoms with E-state index in [9.17, 15) is 0 Å². The molecular formula is C16H23N5. The monoisotopic (exact) mass is 285 g/mol. The van der Waals surface area contributed by atoms with E-state index in [2.05, 4.69) is 41.3 Å². The molecule has 0 spiro atoms. The average Bonchev–Trinajstić information content (AvgIpc) is 2.97. The van der Waals surface area contributed by atoms with Gasteiger partial charge in [-0.15, -0.1) is 0 Å². The number of hydrogen-bond acceptors (Lipinski definition) is 2. The van der Waals surface area contributed by atoms with E-state index in [1.165, 1.54) is 5.56 Å². The van der Waals surface area contributed by atoms with Gasteiger partial charge in [0.1, 0.15) is 0 Å². The Labute approximate surface area is 125 Å². The van der Waals surface area contributed by atoms with Crippen LogP contribution in [0.25, 0.3) is 0 Å². The summed E-state index contributed by atoms with van der Waals surface area (Å²) in [6, 6.07) is 8.26. The van der Waals surface area contributed by atoms with Gasteiger partial charge in [0.15, 0.2) is 5.96 Å². The molecule has 3 N–H and O–H groups in total. The Morgan fingerprint density at radius 3 is 3.00 bits per heavy atom. The molecule has 0 saturated carbocycles. The van der Waals surface area contributed by atoms with Crippen LogP contribution in [0.3, 0.4) is 0 Å². The molecule has 0 amide bonds. The molecule has 0 fully saturated rings. The standard InChI is InChI=1S/C16H23N5/c1-13(2)14-5-3-6-15(11-14)20-16(17)19-7-4-9-21-10-8-18-12-21/h3,5-6,8,10-13H,4,7,9H2,1-2H3,(H3,17,19,20). The molecule has 0 aliphatic heterocycles. The van der Waals surface area contributed by atoms with Crippen LogP contribution < -0.4 is 11.1 Å². The SMILES string of the molecule is CC(C)c1cccc(NC(N)=NCCCn2ccnc2)c1. The minimum absolute atomic E-state index is 0.460. The third kappa shape index (κ3) is 4.95. The molecule has 0 aliphatic rings. The highest BCUT2D eigenvalue weighted by Gasteiger charge is 2.01. The van der Waals surface area contributed by atoms with Crippen LogP contribution in [0.5, 0.6) is 0 Å². The van der Waals surface area contributed by atoms with Crippen molar-refractivity contribution in [2.45, 2.75) is 32.7 Å². The van der Waals surface area contributed by atoms with Crippen molar-refractivity contribution in [1.82, 2.24) is 9.55 Å². The van der Waals surface area contributed by atoms with E-state index in [1.807, 2.05) is 29.2 Å². The van der Waals surface area contributed by atoms with E-state index in [1.54, 1.807) is 6.20 Å². The number of aryl methyl sites for hydroxylation is 1. The van der Waals surface area contributed by atoms with Gasteiger partial charge in [-0.05, 0) is 30.0 Å². The van der Waals surface area contributed by atoms with Crippen LogP contribution in [0.4, 0.5) is 5.69 Å². The van der Waals surface area contributed by atoms with Crippen molar-refractivity contribution in [2.75, 3.05) is 11.9 Å². The minimum atomic E-state index is 0.460. The molecule has 0 atom stereocenters. The molecule has 5 nitrogen and oxygen atoms in total. The van der Waals surface area contributed by atoms with Gasteiger partial charge in [0, 0.05) is 31.2 Å². The first-order valence-corrected chi connectivity index (χ1v) is 7.28. The Morgan fingerprint density at radius 2 is 2.29 bits per heavy atom. The molecule has 0 bridgehead atoms. The van der Waals surface area contributed by atoms with Crippen LogP contribution in [0.2, 0.25) is 0 Å². The molecule has 1 aromatic heterocycles.